The van der Waals surface area contributed by atoms with Gasteiger partial charge in [-0.25, -0.2) is 19.6 Å². The van der Waals surface area contributed by atoms with Crippen LogP contribution in [-0.4, -0.2) is 290 Å². The van der Waals surface area contributed by atoms with E-state index >= 15 is 0 Å². The van der Waals surface area contributed by atoms with E-state index in [1.54, 1.807) is 26.6 Å². The number of aromatic nitrogens is 4. The maximum atomic E-state index is 14.0. The molecule has 42 heteroatoms. The van der Waals surface area contributed by atoms with Crippen LogP contribution in [0.5, 0.6) is 0 Å². The van der Waals surface area contributed by atoms with E-state index in [9.17, 15) is 139 Å². The number of aliphatic hydroxyl groups is 12. The van der Waals surface area contributed by atoms with E-state index in [0.717, 1.165) is 0 Å². The molecule has 3 rings (SSSR count). The number of aliphatic hydroxyl groups excluding tert-OH is 12. The summed E-state index contributed by atoms with van der Waals surface area (Å²) in [6.45, 7) is -4.04. The van der Waals surface area contributed by atoms with Crippen LogP contribution in [0.1, 0.15) is 41.7 Å². The molecule has 90 heavy (non-hydrogen) atoms. The molecule has 2 aromatic heterocycles. The number of carbonyl (C=O) groups is 11. The van der Waals surface area contributed by atoms with Crippen molar-refractivity contribution in [3.05, 3.63) is 52.1 Å². The number of aromatic amines is 1. The van der Waals surface area contributed by atoms with E-state index in [4.69, 9.17) is 5.73 Å². The number of thiol groups is 1. The van der Waals surface area contributed by atoms with Crippen molar-refractivity contribution in [1.82, 2.24) is 57.2 Å². The second-order valence-electron chi connectivity index (χ2n) is 19.4. The molecule has 1 aromatic carbocycles. The fourth-order valence-corrected chi connectivity index (χ4v) is 8.02. The first kappa shape index (κ1) is 75.3. The van der Waals surface area contributed by atoms with Gasteiger partial charge < -0.3 is 130 Å². The van der Waals surface area contributed by atoms with Gasteiger partial charge in [-0.05, 0) is 30.7 Å². The van der Waals surface area contributed by atoms with Crippen molar-refractivity contribution in [2.24, 2.45) is 0 Å². The lowest BCUT2D eigenvalue weighted by atomic mass is 9.98. The molecule has 2 heterocycles. The summed E-state index contributed by atoms with van der Waals surface area (Å²) >= 11 is 3.74. The predicted molar refractivity (Wildman–Crippen MR) is 297 cm³/mol. The number of nitrogen functional groups attached to an aromatic ring is 1. The Hall–Kier alpha value is -8.92. The number of aliphatic carboxylic acids is 4. The quantitative estimate of drug-likeness (QED) is 0.0237. The van der Waals surface area contributed by atoms with Gasteiger partial charge in [0.05, 0.1) is 51.1 Å². The van der Waals surface area contributed by atoms with Crippen molar-refractivity contribution in [3.8, 4) is 0 Å². The topological polar surface area (TPSA) is 705 Å². The summed E-state index contributed by atoms with van der Waals surface area (Å²) in [6, 6.07) is -11.9. The first-order valence-electron chi connectivity index (χ1n) is 26.1. The molecule has 0 aliphatic rings. The molecule has 0 aliphatic carbocycles. The van der Waals surface area contributed by atoms with Gasteiger partial charge in [0.25, 0.3) is 11.5 Å². The summed E-state index contributed by atoms with van der Waals surface area (Å²) in [6.07, 6.45) is -26.9. The third-order valence-electron chi connectivity index (χ3n) is 12.8. The Balaban J connectivity index is 1.91. The van der Waals surface area contributed by atoms with Crippen LogP contribution >= 0.6 is 12.6 Å². The molecule has 0 bridgehead atoms. The van der Waals surface area contributed by atoms with Crippen molar-refractivity contribution < 1.29 is 134 Å². The second kappa shape index (κ2) is 35.3. The maximum Gasteiger partial charge on any atom is 0.327 e. The monoisotopic (exact) mass is 1310 g/mol. The van der Waals surface area contributed by atoms with E-state index in [1.165, 1.54) is 30.5 Å². The van der Waals surface area contributed by atoms with Gasteiger partial charge in [-0.1, -0.05) is 0 Å². The third kappa shape index (κ3) is 22.0. The number of H-pyrrole nitrogens is 1. The molecule has 7 amide bonds. The van der Waals surface area contributed by atoms with Crippen LogP contribution in [0.2, 0.25) is 0 Å². The molecule has 0 spiro atoms. The Kier molecular flexibility index (Phi) is 29.6. The number of fused-ring (bicyclic) bond motifs is 1. The Morgan fingerprint density at radius 2 is 0.956 bits per heavy atom. The molecule has 0 saturated heterocycles. The number of carbonyl (C=O) groups excluding carboxylic acids is 7. The van der Waals surface area contributed by atoms with Gasteiger partial charge in [0.1, 0.15) is 97.2 Å². The smallest absolute Gasteiger partial charge is 0.327 e. The predicted octanol–water partition coefficient (Wildman–Crippen LogP) is -13.0. The van der Waals surface area contributed by atoms with Crippen LogP contribution in [0.15, 0.2) is 35.3 Å². The Morgan fingerprint density at radius 1 is 0.533 bits per heavy atom. The maximum absolute atomic E-state index is 14.0. The molecule has 0 saturated carbocycles. The van der Waals surface area contributed by atoms with E-state index in [2.05, 4.69) is 43.2 Å². The number of nitrogens with one attached hydrogen (secondary N) is 9. The van der Waals surface area contributed by atoms with E-state index in [0.29, 0.717) is 11.4 Å². The highest BCUT2D eigenvalue weighted by Crippen LogP contribution is 2.16. The number of hydrogen-bond acceptors (Lipinski definition) is 30. The van der Waals surface area contributed by atoms with Crippen molar-refractivity contribution >= 4 is 101 Å². The number of carboxylic acid groups (broad SMARTS) is 4. The number of anilines is 2. The van der Waals surface area contributed by atoms with Crippen LogP contribution in [0.4, 0.5) is 11.6 Å². The number of rotatable bonds is 38. The number of amides is 7. The largest absolute Gasteiger partial charge is 0.481 e. The number of nitrogens with two attached hydrogens (primary N) is 1. The normalized spacial score (nSPS) is 16.7. The first-order chi connectivity index (χ1) is 42.2. The van der Waals surface area contributed by atoms with Gasteiger partial charge >= 0.3 is 23.9 Å². The second-order valence-corrected chi connectivity index (χ2v) is 19.8. The molecule has 41 nitrogen and oxygen atoms in total. The Bertz CT molecular complexity index is 3090. The summed E-state index contributed by atoms with van der Waals surface area (Å²) < 4.78 is 0. The summed E-state index contributed by atoms with van der Waals surface area (Å²) in [5.41, 5.74) is 5.35. The van der Waals surface area contributed by atoms with Crippen LogP contribution in [0.25, 0.3) is 11.2 Å². The zero-order chi connectivity index (χ0) is 68.0. The SMILES string of the molecule is Nc1nc2ncc(CNc3ccc(C(=O)N[C@@H](CCC(=O)N[C@H](C(=O)N[C@@H](CC(=O)O)C(=O)N[C@H](C(=O)N[C@@H](CC(=O)O)C(=O)N[C@H](C(=O)N[C@H](CS)C(=O)O)[C@@H](O)[C@H](O)[C@H](O)CO)[C@@H](O)[C@H](O)[C@H](O)CO)[C@@H](O)[C@H](O)[C@H](O)CO)C(=O)O)cc3)nc2c(=O)[nH]1. The summed E-state index contributed by atoms with van der Waals surface area (Å²) in [5.74, 6) is -20.1. The highest BCUT2D eigenvalue weighted by atomic mass is 32.1. The Morgan fingerprint density at radius 3 is 1.36 bits per heavy atom. The minimum Gasteiger partial charge on any atom is -0.481 e. The minimum absolute atomic E-state index is 0.00782. The van der Waals surface area contributed by atoms with Crippen molar-refractivity contribution in [1.29, 1.82) is 0 Å². The lowest BCUT2D eigenvalue weighted by Gasteiger charge is -2.33. The van der Waals surface area contributed by atoms with Gasteiger partial charge in [-0.15, -0.1) is 0 Å². The number of benzene rings is 1. The third-order valence-corrected chi connectivity index (χ3v) is 13.1. The van der Waals surface area contributed by atoms with Gasteiger partial charge in [-0.3, -0.25) is 52.9 Å². The molecule has 0 fully saturated rings. The highest BCUT2D eigenvalue weighted by Gasteiger charge is 2.44. The lowest BCUT2D eigenvalue weighted by molar-refractivity contribution is -0.147. The van der Waals surface area contributed by atoms with Gasteiger partial charge in [-0.2, -0.15) is 17.6 Å². The van der Waals surface area contributed by atoms with E-state index in [1.807, 2.05) is 5.32 Å². The molecule has 0 radical (unpaired) electrons. The summed E-state index contributed by atoms with van der Waals surface area (Å²) in [4.78, 5) is 170. The molecular formula is C48H67N13O28S. The average Bonchev–Trinajstić information content (AvgIpc) is 1.05. The molecule has 3 aromatic rings. The van der Waals surface area contributed by atoms with Crippen molar-refractivity contribution in [2.75, 3.05) is 36.6 Å². The van der Waals surface area contributed by atoms with E-state index in [-0.39, 0.29) is 29.2 Å². The van der Waals surface area contributed by atoms with Crippen LogP contribution in [0.3, 0.4) is 0 Å². The molecular weight excluding hydrogens is 1240 g/mol. The number of carboxylic acids is 4. The number of nitrogens with zero attached hydrogens (tertiary/aromatic N) is 3. The number of hydrogen-bond donors (Lipinski definition) is 27. The fourth-order valence-electron chi connectivity index (χ4n) is 7.77. The molecule has 0 unspecified atom stereocenters. The average molecular weight is 1310 g/mol. The van der Waals surface area contributed by atoms with Gasteiger partial charge in [0.15, 0.2) is 11.2 Å². The molecule has 498 valence electrons. The van der Waals surface area contributed by atoms with E-state index < -0.39 is 219 Å². The standard InChI is InChI=1S/C48H67N13O28S/c49-48-60-38-31(45(85)61-48)52-17(10-51-38)9-50-16-3-1-15(2-4-16)39(79)53-18(46(86)87)5-6-25(68)57-28(35(76)32(73)22(65)11-62)42(82)54-19(7-26(69)70)40(80)58-29(36(77)33(74)23(66)12-63)43(83)55-20(8-27(71)72)41(81)59-30(37(78)34(75)24(67)13-64)44(84)56-21(14-90)47(88)89/h1-4,10,18-24,28-30,32-37,50,62-67,73-78,90H,5-9,11-14H2,(H,53,79)(H,54,82)(H,55,83)(H,56,84)(H,57,68)(H,58,80)(H,59,81)(H,69,70)(H,71,72)(H,86,87)(H,88,89)(H3,49,51,60,61,85)/t18-,19-,20-,21+,22+,23+,24+,28-,29-,30-,32+,33+,34+,35+,36+,37+/m0/s1. The van der Waals surface area contributed by atoms with Gasteiger partial charge in [0, 0.05) is 23.4 Å². The molecule has 0 aliphatic heterocycles. The highest BCUT2D eigenvalue weighted by molar-refractivity contribution is 7.80. The zero-order valence-electron chi connectivity index (χ0n) is 46.4. The minimum atomic E-state index is -2.93. The summed E-state index contributed by atoms with van der Waals surface area (Å²) in [5, 5.41) is 177. The van der Waals surface area contributed by atoms with Crippen LogP contribution < -0.4 is 53.8 Å². The summed E-state index contributed by atoms with van der Waals surface area (Å²) in [7, 11) is 0. The van der Waals surface area contributed by atoms with Crippen LogP contribution in [0, 0.1) is 0 Å². The van der Waals surface area contributed by atoms with Crippen molar-refractivity contribution in [3.63, 3.8) is 0 Å². The lowest BCUT2D eigenvalue weighted by Crippen LogP contribution is -2.66. The zero-order valence-corrected chi connectivity index (χ0v) is 47.3. The molecule has 27 N–H and O–H groups in total. The molecule has 16 atom stereocenters. The first-order valence-corrected chi connectivity index (χ1v) is 26.8. The van der Waals surface area contributed by atoms with Crippen molar-refractivity contribution in [2.45, 2.75) is 129 Å². The Labute approximate surface area is 509 Å². The van der Waals surface area contributed by atoms with Gasteiger partial charge in [0.2, 0.25) is 41.4 Å². The van der Waals surface area contributed by atoms with Crippen LogP contribution in [-0.2, 0) is 54.5 Å². The fraction of sp³-hybridized carbons (Fsp3) is 0.521.